The first-order chi connectivity index (χ1) is 12.7. The Kier molecular flexibility index (Phi) is 5.17. The summed E-state index contributed by atoms with van der Waals surface area (Å²) in [6, 6.07) is 12.4. The van der Waals surface area contributed by atoms with Gasteiger partial charge in [-0.05, 0) is 30.7 Å². The van der Waals surface area contributed by atoms with Crippen molar-refractivity contribution in [2.75, 3.05) is 19.0 Å². The fraction of sp³-hybridized carbons (Fsp3) is 0.211. The van der Waals surface area contributed by atoms with Gasteiger partial charge in [-0.15, -0.1) is 0 Å². The standard InChI is InChI=1S/C19H20N4O3/c1-3-11-20-18(24)16-14-9-6-7-12-23(14)17(22-16)19(25)21-13-8-4-5-10-15(13)26-2/h4-10,12H,3,11H2,1-2H3,(H,20,24)(H,21,25). The highest BCUT2D eigenvalue weighted by Gasteiger charge is 2.21. The van der Waals surface area contributed by atoms with E-state index in [-0.39, 0.29) is 17.4 Å². The van der Waals surface area contributed by atoms with Crippen LogP contribution >= 0.6 is 0 Å². The van der Waals surface area contributed by atoms with Gasteiger partial charge in [-0.25, -0.2) is 4.98 Å². The van der Waals surface area contributed by atoms with Crippen LogP contribution in [0, 0.1) is 0 Å². The molecule has 134 valence electrons. The van der Waals surface area contributed by atoms with Crippen LogP contribution < -0.4 is 15.4 Å². The molecule has 0 spiro atoms. The number of pyridine rings is 1. The Morgan fingerprint density at radius 2 is 1.88 bits per heavy atom. The van der Waals surface area contributed by atoms with E-state index in [0.29, 0.717) is 23.5 Å². The number of para-hydroxylation sites is 2. The number of ether oxygens (including phenoxy) is 1. The van der Waals surface area contributed by atoms with Gasteiger partial charge in [-0.1, -0.05) is 25.1 Å². The number of benzene rings is 1. The largest absolute Gasteiger partial charge is 0.495 e. The topological polar surface area (TPSA) is 84.7 Å². The van der Waals surface area contributed by atoms with E-state index in [0.717, 1.165) is 6.42 Å². The minimum atomic E-state index is -0.426. The summed E-state index contributed by atoms with van der Waals surface area (Å²) in [6.45, 7) is 2.52. The molecule has 0 radical (unpaired) electrons. The molecule has 2 aromatic heterocycles. The van der Waals surface area contributed by atoms with E-state index in [1.807, 2.05) is 13.0 Å². The third kappa shape index (κ3) is 3.37. The maximum atomic E-state index is 12.8. The second-order valence-electron chi connectivity index (χ2n) is 5.65. The zero-order chi connectivity index (χ0) is 18.5. The number of rotatable bonds is 6. The summed E-state index contributed by atoms with van der Waals surface area (Å²) in [4.78, 5) is 29.4. The molecule has 2 N–H and O–H groups in total. The van der Waals surface area contributed by atoms with E-state index in [1.54, 1.807) is 47.0 Å². The van der Waals surface area contributed by atoms with Gasteiger partial charge in [0.1, 0.15) is 5.75 Å². The van der Waals surface area contributed by atoms with Crippen LogP contribution in [-0.4, -0.2) is 34.9 Å². The van der Waals surface area contributed by atoms with Crippen molar-refractivity contribution in [2.24, 2.45) is 0 Å². The van der Waals surface area contributed by atoms with E-state index in [1.165, 1.54) is 7.11 Å². The Hall–Kier alpha value is -3.35. The average molecular weight is 352 g/mol. The van der Waals surface area contributed by atoms with Crippen molar-refractivity contribution in [1.82, 2.24) is 14.7 Å². The molecule has 2 heterocycles. The number of carbonyl (C=O) groups excluding carboxylic acids is 2. The lowest BCUT2D eigenvalue weighted by atomic mass is 10.3. The van der Waals surface area contributed by atoms with Crippen LogP contribution in [-0.2, 0) is 0 Å². The predicted molar refractivity (Wildman–Crippen MR) is 98.8 cm³/mol. The first-order valence-electron chi connectivity index (χ1n) is 8.35. The number of amides is 2. The highest BCUT2D eigenvalue weighted by Crippen LogP contribution is 2.24. The maximum absolute atomic E-state index is 12.8. The lowest BCUT2D eigenvalue weighted by Gasteiger charge is -2.09. The molecule has 7 heteroatoms. The molecule has 0 unspecified atom stereocenters. The van der Waals surface area contributed by atoms with E-state index in [9.17, 15) is 9.59 Å². The minimum absolute atomic E-state index is 0.133. The van der Waals surface area contributed by atoms with Gasteiger partial charge in [-0.2, -0.15) is 0 Å². The number of nitrogens with one attached hydrogen (secondary N) is 2. The fourth-order valence-corrected chi connectivity index (χ4v) is 2.61. The normalized spacial score (nSPS) is 10.5. The fourth-order valence-electron chi connectivity index (χ4n) is 2.61. The Balaban J connectivity index is 1.97. The number of carbonyl (C=O) groups is 2. The van der Waals surface area contributed by atoms with E-state index in [2.05, 4.69) is 15.6 Å². The molecule has 0 aliphatic carbocycles. The lowest BCUT2D eigenvalue weighted by molar-refractivity contribution is 0.0951. The van der Waals surface area contributed by atoms with Crippen LogP contribution in [0.1, 0.15) is 34.5 Å². The van der Waals surface area contributed by atoms with E-state index in [4.69, 9.17) is 4.74 Å². The summed E-state index contributed by atoms with van der Waals surface area (Å²) in [5.74, 6) is -0.0482. The molecule has 0 fully saturated rings. The zero-order valence-corrected chi connectivity index (χ0v) is 14.7. The van der Waals surface area contributed by atoms with Gasteiger partial charge in [0.25, 0.3) is 11.8 Å². The Morgan fingerprint density at radius 1 is 1.12 bits per heavy atom. The number of hydrogen-bond acceptors (Lipinski definition) is 4. The van der Waals surface area contributed by atoms with Crippen molar-refractivity contribution < 1.29 is 14.3 Å². The molecule has 0 saturated carbocycles. The molecule has 0 aliphatic rings. The van der Waals surface area contributed by atoms with Crippen LogP contribution in [0.4, 0.5) is 5.69 Å². The summed E-state index contributed by atoms with van der Waals surface area (Å²) in [6.07, 6.45) is 2.52. The van der Waals surface area contributed by atoms with Crippen LogP contribution in [0.5, 0.6) is 5.75 Å². The second-order valence-corrected chi connectivity index (χ2v) is 5.65. The Labute approximate surface area is 151 Å². The summed E-state index contributed by atoms with van der Waals surface area (Å²) < 4.78 is 6.85. The average Bonchev–Trinajstić information content (AvgIpc) is 3.06. The molecule has 0 aliphatic heterocycles. The quantitative estimate of drug-likeness (QED) is 0.714. The molecule has 0 atom stereocenters. The number of anilines is 1. The molecular formula is C19H20N4O3. The Morgan fingerprint density at radius 3 is 2.65 bits per heavy atom. The first kappa shape index (κ1) is 17.5. The predicted octanol–water partition coefficient (Wildman–Crippen LogP) is 2.74. The maximum Gasteiger partial charge on any atom is 0.292 e. The molecular weight excluding hydrogens is 332 g/mol. The summed E-state index contributed by atoms with van der Waals surface area (Å²) in [7, 11) is 1.53. The summed E-state index contributed by atoms with van der Waals surface area (Å²) >= 11 is 0. The second kappa shape index (κ2) is 7.69. The van der Waals surface area contributed by atoms with Crippen LogP contribution in [0.15, 0.2) is 48.7 Å². The van der Waals surface area contributed by atoms with E-state index < -0.39 is 5.91 Å². The number of aromatic nitrogens is 2. The highest BCUT2D eigenvalue weighted by atomic mass is 16.5. The monoisotopic (exact) mass is 352 g/mol. The van der Waals surface area contributed by atoms with Crippen molar-refractivity contribution in [3.05, 3.63) is 60.2 Å². The van der Waals surface area contributed by atoms with Crippen molar-refractivity contribution in [2.45, 2.75) is 13.3 Å². The molecule has 1 aromatic carbocycles. The van der Waals surface area contributed by atoms with Gasteiger partial charge in [0.05, 0.1) is 18.3 Å². The molecule has 3 aromatic rings. The Bertz CT molecular complexity index is 949. The van der Waals surface area contributed by atoms with Crippen molar-refractivity contribution in [3.8, 4) is 5.75 Å². The van der Waals surface area contributed by atoms with Gasteiger partial charge in [0, 0.05) is 12.7 Å². The van der Waals surface area contributed by atoms with Gasteiger partial charge in [0.15, 0.2) is 5.69 Å². The van der Waals surface area contributed by atoms with Crippen LogP contribution in [0.25, 0.3) is 5.52 Å². The van der Waals surface area contributed by atoms with Crippen molar-refractivity contribution >= 4 is 23.0 Å². The number of nitrogens with zero attached hydrogens (tertiary/aromatic N) is 2. The zero-order valence-electron chi connectivity index (χ0n) is 14.7. The van der Waals surface area contributed by atoms with Gasteiger partial charge >= 0.3 is 0 Å². The van der Waals surface area contributed by atoms with E-state index >= 15 is 0 Å². The van der Waals surface area contributed by atoms with Crippen molar-refractivity contribution in [1.29, 1.82) is 0 Å². The van der Waals surface area contributed by atoms with Crippen LogP contribution in [0.2, 0.25) is 0 Å². The third-order valence-electron chi connectivity index (χ3n) is 3.86. The highest BCUT2D eigenvalue weighted by molar-refractivity contribution is 6.06. The SMILES string of the molecule is CCCNC(=O)c1nc(C(=O)Nc2ccccc2OC)n2ccccc12. The molecule has 0 bridgehead atoms. The van der Waals surface area contributed by atoms with Gasteiger partial charge in [-0.3, -0.25) is 14.0 Å². The number of hydrogen-bond donors (Lipinski definition) is 2. The van der Waals surface area contributed by atoms with Gasteiger partial charge in [0.2, 0.25) is 5.82 Å². The van der Waals surface area contributed by atoms with Crippen LogP contribution in [0.3, 0.4) is 0 Å². The molecule has 3 rings (SSSR count). The third-order valence-corrected chi connectivity index (χ3v) is 3.86. The smallest absolute Gasteiger partial charge is 0.292 e. The number of fused-ring (bicyclic) bond motifs is 1. The number of methoxy groups -OCH3 is 1. The molecule has 7 nitrogen and oxygen atoms in total. The van der Waals surface area contributed by atoms with Gasteiger partial charge < -0.3 is 15.4 Å². The number of imidazole rings is 1. The molecule has 2 amide bonds. The minimum Gasteiger partial charge on any atom is -0.495 e. The summed E-state index contributed by atoms with van der Waals surface area (Å²) in [5, 5.41) is 5.58. The first-order valence-corrected chi connectivity index (χ1v) is 8.35. The molecule has 0 saturated heterocycles. The lowest BCUT2D eigenvalue weighted by Crippen LogP contribution is -2.24. The van der Waals surface area contributed by atoms with Crippen molar-refractivity contribution in [3.63, 3.8) is 0 Å². The summed E-state index contributed by atoms with van der Waals surface area (Å²) in [5.41, 5.74) is 1.33. The molecule has 26 heavy (non-hydrogen) atoms.